The molecule has 0 amide bonds. The van der Waals surface area contributed by atoms with E-state index >= 15 is 0 Å². The van der Waals surface area contributed by atoms with E-state index in [0.717, 1.165) is 0 Å². The highest BCUT2D eigenvalue weighted by Crippen LogP contribution is 2.12. The zero-order valence-electron chi connectivity index (χ0n) is 12.0. The maximum Gasteiger partial charge on any atom is 0.0564 e. The van der Waals surface area contributed by atoms with Crippen LogP contribution in [0, 0.1) is 0 Å². The SMILES string of the molecule is CCCCCCCC(C)NC(C)C(CO)SC. The van der Waals surface area contributed by atoms with E-state index in [1.165, 1.54) is 38.5 Å². The molecule has 0 aromatic heterocycles. The Bertz CT molecular complexity index is 162. The lowest BCUT2D eigenvalue weighted by molar-refractivity contribution is 0.270. The van der Waals surface area contributed by atoms with Crippen LogP contribution in [0.1, 0.15) is 59.3 Å². The molecule has 0 aromatic rings. The number of unbranched alkanes of at least 4 members (excludes halogenated alkanes) is 4. The first kappa shape index (κ1) is 17.3. The number of rotatable bonds is 11. The van der Waals surface area contributed by atoms with Crippen molar-refractivity contribution in [3.63, 3.8) is 0 Å². The van der Waals surface area contributed by atoms with Crippen LogP contribution in [0.25, 0.3) is 0 Å². The summed E-state index contributed by atoms with van der Waals surface area (Å²) < 4.78 is 0. The van der Waals surface area contributed by atoms with Crippen molar-refractivity contribution in [1.29, 1.82) is 0 Å². The monoisotopic (exact) mass is 261 g/mol. The van der Waals surface area contributed by atoms with Crippen LogP contribution in [0.2, 0.25) is 0 Å². The van der Waals surface area contributed by atoms with E-state index in [4.69, 9.17) is 0 Å². The van der Waals surface area contributed by atoms with Crippen LogP contribution in [0.5, 0.6) is 0 Å². The van der Waals surface area contributed by atoms with E-state index in [1.54, 1.807) is 11.8 Å². The molecule has 0 rings (SSSR count). The molecule has 3 unspecified atom stereocenters. The molecule has 0 aliphatic rings. The standard InChI is InChI=1S/C14H31NOS/c1-5-6-7-8-9-10-12(2)15-13(3)14(11-16)17-4/h12-16H,5-11H2,1-4H3. The average Bonchev–Trinajstić information content (AvgIpc) is 2.30. The average molecular weight is 261 g/mol. The van der Waals surface area contributed by atoms with Crippen molar-refractivity contribution in [3.8, 4) is 0 Å². The van der Waals surface area contributed by atoms with Crippen LogP contribution < -0.4 is 5.32 Å². The van der Waals surface area contributed by atoms with Crippen LogP contribution in [-0.4, -0.2) is 35.3 Å². The first-order valence-electron chi connectivity index (χ1n) is 7.05. The predicted molar refractivity (Wildman–Crippen MR) is 79.8 cm³/mol. The Hall–Kier alpha value is 0.270. The zero-order valence-corrected chi connectivity index (χ0v) is 12.9. The van der Waals surface area contributed by atoms with Crippen molar-refractivity contribution in [2.24, 2.45) is 0 Å². The Labute approximate surface area is 112 Å². The molecule has 3 heteroatoms. The van der Waals surface area contributed by atoms with Crippen molar-refractivity contribution >= 4 is 11.8 Å². The second kappa shape index (κ2) is 11.4. The zero-order chi connectivity index (χ0) is 13.1. The molecule has 0 heterocycles. The number of nitrogens with one attached hydrogen (secondary N) is 1. The van der Waals surface area contributed by atoms with Gasteiger partial charge in [0.25, 0.3) is 0 Å². The summed E-state index contributed by atoms with van der Waals surface area (Å²) in [6.07, 6.45) is 10.1. The number of thioether (sulfide) groups is 1. The molecule has 0 aliphatic heterocycles. The van der Waals surface area contributed by atoms with Crippen molar-refractivity contribution < 1.29 is 5.11 Å². The van der Waals surface area contributed by atoms with Crippen LogP contribution in [0.3, 0.4) is 0 Å². The van der Waals surface area contributed by atoms with Gasteiger partial charge in [0.05, 0.1) is 6.61 Å². The van der Waals surface area contributed by atoms with E-state index in [9.17, 15) is 5.11 Å². The quantitative estimate of drug-likeness (QED) is 0.559. The first-order valence-corrected chi connectivity index (χ1v) is 8.34. The van der Waals surface area contributed by atoms with Gasteiger partial charge in [0, 0.05) is 17.3 Å². The van der Waals surface area contributed by atoms with Gasteiger partial charge in [-0.25, -0.2) is 0 Å². The van der Waals surface area contributed by atoms with Crippen molar-refractivity contribution in [3.05, 3.63) is 0 Å². The van der Waals surface area contributed by atoms with Crippen molar-refractivity contribution in [2.45, 2.75) is 76.6 Å². The van der Waals surface area contributed by atoms with Gasteiger partial charge in [-0.05, 0) is 26.5 Å². The third-order valence-electron chi connectivity index (χ3n) is 3.33. The summed E-state index contributed by atoms with van der Waals surface area (Å²) in [5.74, 6) is 0. The van der Waals surface area contributed by atoms with Crippen LogP contribution in [0.15, 0.2) is 0 Å². The maximum absolute atomic E-state index is 9.22. The molecule has 17 heavy (non-hydrogen) atoms. The molecule has 0 aromatic carbocycles. The Morgan fingerprint density at radius 1 is 1.12 bits per heavy atom. The number of aliphatic hydroxyl groups excluding tert-OH is 1. The molecule has 0 aliphatic carbocycles. The smallest absolute Gasteiger partial charge is 0.0564 e. The molecule has 0 saturated heterocycles. The highest BCUT2D eigenvalue weighted by Gasteiger charge is 2.16. The van der Waals surface area contributed by atoms with Crippen LogP contribution in [-0.2, 0) is 0 Å². The largest absolute Gasteiger partial charge is 0.395 e. The highest BCUT2D eigenvalue weighted by atomic mass is 32.2. The highest BCUT2D eigenvalue weighted by molar-refractivity contribution is 7.99. The van der Waals surface area contributed by atoms with E-state index in [2.05, 4.69) is 32.3 Å². The molecule has 0 bridgehead atoms. The summed E-state index contributed by atoms with van der Waals surface area (Å²) >= 11 is 1.74. The van der Waals surface area contributed by atoms with Gasteiger partial charge in [-0.2, -0.15) is 11.8 Å². The molecule has 0 spiro atoms. The van der Waals surface area contributed by atoms with Gasteiger partial charge in [-0.1, -0.05) is 39.0 Å². The van der Waals surface area contributed by atoms with E-state index < -0.39 is 0 Å². The summed E-state index contributed by atoms with van der Waals surface area (Å²) in [5.41, 5.74) is 0. The van der Waals surface area contributed by atoms with Crippen molar-refractivity contribution in [1.82, 2.24) is 5.32 Å². The minimum Gasteiger partial charge on any atom is -0.395 e. The Morgan fingerprint density at radius 3 is 2.29 bits per heavy atom. The van der Waals surface area contributed by atoms with Gasteiger partial charge in [0.2, 0.25) is 0 Å². The Morgan fingerprint density at radius 2 is 1.76 bits per heavy atom. The Balaban J connectivity index is 3.59. The third kappa shape index (κ3) is 8.92. The van der Waals surface area contributed by atoms with Crippen molar-refractivity contribution in [2.75, 3.05) is 12.9 Å². The maximum atomic E-state index is 9.22. The van der Waals surface area contributed by atoms with Gasteiger partial charge >= 0.3 is 0 Å². The lowest BCUT2D eigenvalue weighted by atomic mass is 10.1. The normalized spacial score (nSPS) is 16.8. The molecular weight excluding hydrogens is 230 g/mol. The van der Waals surface area contributed by atoms with Gasteiger partial charge in [-0.15, -0.1) is 0 Å². The van der Waals surface area contributed by atoms with Gasteiger partial charge < -0.3 is 10.4 Å². The molecular formula is C14H31NOS. The van der Waals surface area contributed by atoms with E-state index in [-0.39, 0.29) is 6.61 Å². The molecule has 0 fully saturated rings. The lowest BCUT2D eigenvalue weighted by Crippen LogP contribution is -2.42. The first-order chi connectivity index (χ1) is 8.15. The molecule has 2 nitrogen and oxygen atoms in total. The molecule has 2 N–H and O–H groups in total. The second-order valence-corrected chi connectivity index (χ2v) is 6.09. The van der Waals surface area contributed by atoms with E-state index in [0.29, 0.717) is 17.3 Å². The predicted octanol–water partition coefficient (Wildman–Crippen LogP) is 3.44. The summed E-state index contributed by atoms with van der Waals surface area (Å²) in [5, 5.41) is 13.1. The topological polar surface area (TPSA) is 32.3 Å². The molecule has 3 atom stereocenters. The minimum absolute atomic E-state index is 0.262. The fourth-order valence-electron chi connectivity index (χ4n) is 2.13. The lowest BCUT2D eigenvalue weighted by Gasteiger charge is -2.25. The number of hydrogen-bond donors (Lipinski definition) is 2. The van der Waals surface area contributed by atoms with Gasteiger partial charge in [0.15, 0.2) is 0 Å². The molecule has 0 radical (unpaired) electrons. The molecule has 104 valence electrons. The number of hydrogen-bond acceptors (Lipinski definition) is 3. The molecule has 0 saturated carbocycles. The third-order valence-corrected chi connectivity index (χ3v) is 4.49. The fourth-order valence-corrected chi connectivity index (χ4v) is 2.77. The van der Waals surface area contributed by atoms with Gasteiger partial charge in [-0.3, -0.25) is 0 Å². The minimum atomic E-state index is 0.262. The summed E-state index contributed by atoms with van der Waals surface area (Å²) in [6, 6.07) is 0.952. The van der Waals surface area contributed by atoms with Gasteiger partial charge in [0.1, 0.15) is 0 Å². The second-order valence-electron chi connectivity index (χ2n) is 5.02. The van der Waals surface area contributed by atoms with E-state index in [1.807, 2.05) is 0 Å². The fraction of sp³-hybridized carbons (Fsp3) is 1.00. The number of aliphatic hydroxyl groups is 1. The summed E-state index contributed by atoms with van der Waals surface area (Å²) in [4.78, 5) is 0. The summed E-state index contributed by atoms with van der Waals surface area (Å²) in [7, 11) is 0. The van der Waals surface area contributed by atoms with Crippen LogP contribution in [0.4, 0.5) is 0 Å². The van der Waals surface area contributed by atoms with Crippen LogP contribution >= 0.6 is 11.8 Å². The Kier molecular flexibility index (Phi) is 11.5. The summed E-state index contributed by atoms with van der Waals surface area (Å²) in [6.45, 7) is 6.94.